The minimum atomic E-state index is -3.54. The lowest BCUT2D eigenvalue weighted by molar-refractivity contribution is -0.116. The van der Waals surface area contributed by atoms with Crippen LogP contribution in [0.2, 0.25) is 15.1 Å². The van der Waals surface area contributed by atoms with Crippen LogP contribution in [0.15, 0.2) is 47.4 Å². The van der Waals surface area contributed by atoms with E-state index in [-0.39, 0.29) is 17.2 Å². The van der Waals surface area contributed by atoms with Crippen LogP contribution >= 0.6 is 34.8 Å². The Labute approximate surface area is 185 Å². The topological polar surface area (TPSA) is 69.7 Å². The summed E-state index contributed by atoms with van der Waals surface area (Å²) in [6.07, 6.45) is 0.271. The van der Waals surface area contributed by atoms with Crippen molar-refractivity contribution in [1.29, 1.82) is 0 Å². The zero-order valence-electron chi connectivity index (χ0n) is 15.4. The molecule has 3 rings (SSSR count). The van der Waals surface area contributed by atoms with Crippen LogP contribution in [0.5, 0.6) is 0 Å². The molecule has 0 bridgehead atoms. The molecule has 6 nitrogen and oxygen atoms in total. The van der Waals surface area contributed by atoms with E-state index in [1.807, 2.05) is 0 Å². The number of rotatable bonds is 6. The van der Waals surface area contributed by atoms with Gasteiger partial charge >= 0.3 is 0 Å². The predicted octanol–water partition coefficient (Wildman–Crippen LogP) is 3.98. The van der Waals surface area contributed by atoms with Crippen LogP contribution < -0.4 is 5.32 Å². The van der Waals surface area contributed by atoms with Gasteiger partial charge in [-0.25, -0.2) is 8.42 Å². The molecular weight excluding hydrogens is 457 g/mol. The van der Waals surface area contributed by atoms with Crippen molar-refractivity contribution in [2.24, 2.45) is 0 Å². The monoisotopic (exact) mass is 475 g/mol. The van der Waals surface area contributed by atoms with Crippen LogP contribution in [0.25, 0.3) is 0 Å². The first-order valence-electron chi connectivity index (χ1n) is 8.99. The van der Waals surface area contributed by atoms with Gasteiger partial charge in [-0.1, -0.05) is 34.8 Å². The maximum Gasteiger partial charge on any atom is 0.243 e. The van der Waals surface area contributed by atoms with Crippen molar-refractivity contribution >= 4 is 56.4 Å². The summed E-state index contributed by atoms with van der Waals surface area (Å²) in [6, 6.07) is 11.0. The van der Waals surface area contributed by atoms with Crippen LogP contribution in [0.4, 0.5) is 5.69 Å². The van der Waals surface area contributed by atoms with Crippen molar-refractivity contribution in [3.8, 4) is 0 Å². The third-order valence-corrected chi connectivity index (χ3v) is 7.37. The molecule has 1 saturated heterocycles. The van der Waals surface area contributed by atoms with E-state index in [2.05, 4.69) is 10.2 Å². The second kappa shape index (κ2) is 9.64. The van der Waals surface area contributed by atoms with Crippen LogP contribution in [-0.2, 0) is 14.8 Å². The third kappa shape index (κ3) is 5.84. The Balaban J connectivity index is 1.49. The van der Waals surface area contributed by atoms with Gasteiger partial charge in [-0.3, -0.25) is 4.79 Å². The van der Waals surface area contributed by atoms with E-state index in [1.165, 1.54) is 16.4 Å². The lowest BCUT2D eigenvalue weighted by Crippen LogP contribution is -2.49. The Morgan fingerprint density at radius 1 is 0.931 bits per heavy atom. The summed E-state index contributed by atoms with van der Waals surface area (Å²) in [4.78, 5) is 14.5. The molecule has 1 amide bonds. The molecule has 1 aliphatic rings. The van der Waals surface area contributed by atoms with Gasteiger partial charge < -0.3 is 10.2 Å². The first-order valence-corrected chi connectivity index (χ1v) is 11.6. The van der Waals surface area contributed by atoms with E-state index in [4.69, 9.17) is 34.8 Å². The number of sulfonamides is 1. The molecule has 0 saturated carbocycles. The fourth-order valence-electron chi connectivity index (χ4n) is 3.01. The lowest BCUT2D eigenvalue weighted by Gasteiger charge is -2.33. The van der Waals surface area contributed by atoms with Gasteiger partial charge in [0.05, 0.1) is 15.6 Å². The van der Waals surface area contributed by atoms with Crippen molar-refractivity contribution in [3.63, 3.8) is 0 Å². The number of anilines is 1. The maximum absolute atomic E-state index is 12.7. The average Bonchev–Trinajstić information content (AvgIpc) is 2.70. The molecule has 0 aliphatic carbocycles. The molecule has 29 heavy (non-hydrogen) atoms. The smallest absolute Gasteiger partial charge is 0.243 e. The normalized spacial score (nSPS) is 16.0. The highest BCUT2D eigenvalue weighted by Crippen LogP contribution is 2.25. The van der Waals surface area contributed by atoms with E-state index < -0.39 is 10.0 Å². The highest BCUT2D eigenvalue weighted by molar-refractivity contribution is 7.89. The van der Waals surface area contributed by atoms with Crippen molar-refractivity contribution in [2.75, 3.05) is 38.0 Å². The number of carbonyl (C=O) groups excluding carboxylic acids is 1. The van der Waals surface area contributed by atoms with Crippen LogP contribution in [0, 0.1) is 0 Å². The molecule has 0 radical (unpaired) electrons. The second-order valence-corrected chi connectivity index (χ2v) is 9.84. The summed E-state index contributed by atoms with van der Waals surface area (Å²) in [5.74, 6) is -0.176. The number of benzene rings is 2. The minimum Gasteiger partial charge on any atom is -0.325 e. The standard InChI is InChI=1S/C19H20Cl3N3O3S/c20-14-1-4-16(5-2-14)29(27,28)25-11-9-24(10-12-25)8-7-19(26)23-18-13-15(21)3-6-17(18)22/h1-6,13H,7-12H2,(H,23,26). The van der Waals surface area contributed by atoms with E-state index >= 15 is 0 Å². The van der Waals surface area contributed by atoms with Gasteiger partial charge in [-0.05, 0) is 42.5 Å². The number of nitrogens with one attached hydrogen (secondary N) is 1. The van der Waals surface area contributed by atoms with Crippen LogP contribution in [-0.4, -0.2) is 56.3 Å². The molecule has 2 aromatic rings. The zero-order chi connectivity index (χ0) is 21.0. The van der Waals surface area contributed by atoms with Gasteiger partial charge in [0.25, 0.3) is 0 Å². The highest BCUT2D eigenvalue weighted by Gasteiger charge is 2.28. The Bertz CT molecular complexity index is 976. The molecule has 156 valence electrons. The molecule has 1 aliphatic heterocycles. The van der Waals surface area contributed by atoms with E-state index in [0.717, 1.165) is 0 Å². The second-order valence-electron chi connectivity index (χ2n) is 6.62. The Kier molecular flexibility index (Phi) is 7.42. The van der Waals surface area contributed by atoms with Crippen LogP contribution in [0.3, 0.4) is 0 Å². The Morgan fingerprint density at radius 3 is 2.21 bits per heavy atom. The SMILES string of the molecule is O=C(CCN1CCN(S(=O)(=O)c2ccc(Cl)cc2)CC1)Nc1cc(Cl)ccc1Cl. The number of carbonyl (C=O) groups is 1. The van der Waals surface area contributed by atoms with Crippen molar-refractivity contribution in [3.05, 3.63) is 57.5 Å². The number of hydrogen-bond donors (Lipinski definition) is 1. The molecule has 0 spiro atoms. The summed E-state index contributed by atoms with van der Waals surface area (Å²) in [7, 11) is -3.54. The zero-order valence-corrected chi connectivity index (χ0v) is 18.5. The summed E-state index contributed by atoms with van der Waals surface area (Å²) in [6.45, 7) is 2.37. The van der Waals surface area contributed by atoms with Crippen molar-refractivity contribution in [2.45, 2.75) is 11.3 Å². The van der Waals surface area contributed by atoms with Crippen LogP contribution in [0.1, 0.15) is 6.42 Å². The van der Waals surface area contributed by atoms with Gasteiger partial charge in [0.15, 0.2) is 0 Å². The predicted molar refractivity (Wildman–Crippen MR) is 116 cm³/mol. The molecule has 0 atom stereocenters. The number of piperazine rings is 1. The molecule has 1 heterocycles. The summed E-state index contributed by atoms with van der Waals surface area (Å²) in [5.41, 5.74) is 0.475. The quantitative estimate of drug-likeness (QED) is 0.684. The van der Waals surface area contributed by atoms with E-state index in [0.29, 0.717) is 53.5 Å². The number of amides is 1. The molecule has 10 heteroatoms. The molecule has 2 aromatic carbocycles. The van der Waals surface area contributed by atoms with Gasteiger partial charge in [0, 0.05) is 49.2 Å². The Morgan fingerprint density at radius 2 is 1.55 bits per heavy atom. The van der Waals surface area contributed by atoms with Crippen molar-refractivity contribution in [1.82, 2.24) is 9.21 Å². The van der Waals surface area contributed by atoms with Gasteiger partial charge in [0.1, 0.15) is 0 Å². The first kappa shape index (κ1) is 22.3. The van der Waals surface area contributed by atoms with Gasteiger partial charge in [-0.2, -0.15) is 4.31 Å². The summed E-state index contributed by atoms with van der Waals surface area (Å²) >= 11 is 17.8. The van der Waals surface area contributed by atoms with E-state index in [9.17, 15) is 13.2 Å². The molecule has 0 unspecified atom stereocenters. The molecular formula is C19H20Cl3N3O3S. The largest absolute Gasteiger partial charge is 0.325 e. The summed E-state index contributed by atoms with van der Waals surface area (Å²) < 4.78 is 26.9. The third-order valence-electron chi connectivity index (χ3n) is 4.64. The van der Waals surface area contributed by atoms with Gasteiger partial charge in [0.2, 0.25) is 15.9 Å². The highest BCUT2D eigenvalue weighted by atomic mass is 35.5. The van der Waals surface area contributed by atoms with Gasteiger partial charge in [-0.15, -0.1) is 0 Å². The lowest BCUT2D eigenvalue weighted by atomic mass is 10.3. The number of halogens is 3. The average molecular weight is 477 g/mol. The van der Waals surface area contributed by atoms with E-state index in [1.54, 1.807) is 30.3 Å². The molecule has 1 N–H and O–H groups in total. The Hall–Kier alpha value is -1.35. The number of nitrogens with zero attached hydrogens (tertiary/aromatic N) is 2. The molecule has 0 aromatic heterocycles. The fraction of sp³-hybridized carbons (Fsp3) is 0.316. The first-order chi connectivity index (χ1) is 13.8. The molecule has 1 fully saturated rings. The minimum absolute atomic E-state index is 0.176. The van der Waals surface area contributed by atoms with Crippen molar-refractivity contribution < 1.29 is 13.2 Å². The maximum atomic E-state index is 12.7. The number of hydrogen-bond acceptors (Lipinski definition) is 4. The fourth-order valence-corrected chi connectivity index (χ4v) is 4.90. The summed E-state index contributed by atoms with van der Waals surface area (Å²) in [5, 5.41) is 4.15.